The number of aromatic nitrogens is 6. The van der Waals surface area contributed by atoms with Crippen molar-refractivity contribution in [3.63, 3.8) is 0 Å². The minimum atomic E-state index is -0.200. The number of fused-ring (bicyclic) bond motifs is 3. The fraction of sp³-hybridized carbons (Fsp3) is 0.278. The Labute approximate surface area is 154 Å². The molecule has 4 aromatic rings. The van der Waals surface area contributed by atoms with Gasteiger partial charge in [0.2, 0.25) is 0 Å². The lowest BCUT2D eigenvalue weighted by Gasteiger charge is -2.08. The summed E-state index contributed by atoms with van der Waals surface area (Å²) in [6.45, 7) is 4.84. The summed E-state index contributed by atoms with van der Waals surface area (Å²) in [5.41, 5.74) is 2.70. The molecule has 26 heavy (non-hydrogen) atoms. The number of halogens is 1. The van der Waals surface area contributed by atoms with Crippen LogP contribution in [0.25, 0.3) is 27.9 Å². The molecule has 132 valence electrons. The van der Waals surface area contributed by atoms with E-state index in [1.54, 1.807) is 33.7 Å². The molecule has 8 heteroatoms. The Balaban J connectivity index is 1.85. The fourth-order valence-electron chi connectivity index (χ4n) is 2.79. The van der Waals surface area contributed by atoms with Gasteiger partial charge in [-0.2, -0.15) is 9.61 Å². The van der Waals surface area contributed by atoms with Crippen LogP contribution < -0.4 is 5.56 Å². The van der Waals surface area contributed by atoms with Crippen LogP contribution in [0.2, 0.25) is 5.02 Å². The first-order valence-electron chi connectivity index (χ1n) is 8.40. The molecule has 0 fully saturated rings. The number of nitrogens with zero attached hydrogens (tertiary/aromatic N) is 6. The van der Waals surface area contributed by atoms with Crippen LogP contribution in [-0.2, 0) is 6.54 Å². The first kappa shape index (κ1) is 16.7. The molecule has 4 rings (SSSR count). The summed E-state index contributed by atoms with van der Waals surface area (Å²) in [5, 5.41) is 13.4. The normalized spacial score (nSPS) is 11.7. The van der Waals surface area contributed by atoms with Crippen molar-refractivity contribution in [3.8, 4) is 11.1 Å². The van der Waals surface area contributed by atoms with Gasteiger partial charge in [0.05, 0.1) is 6.20 Å². The van der Waals surface area contributed by atoms with E-state index in [0.29, 0.717) is 28.8 Å². The van der Waals surface area contributed by atoms with Gasteiger partial charge < -0.3 is 0 Å². The third-order valence-corrected chi connectivity index (χ3v) is 4.54. The van der Waals surface area contributed by atoms with Gasteiger partial charge in [-0.05, 0) is 30.0 Å². The number of aryl methyl sites for hydroxylation is 1. The van der Waals surface area contributed by atoms with E-state index in [0.717, 1.165) is 17.5 Å². The highest BCUT2D eigenvalue weighted by molar-refractivity contribution is 6.30. The first-order valence-corrected chi connectivity index (χ1v) is 8.78. The maximum Gasteiger partial charge on any atom is 0.283 e. The summed E-state index contributed by atoms with van der Waals surface area (Å²) < 4.78 is 3.13. The molecule has 0 amide bonds. The molecule has 0 unspecified atom stereocenters. The summed E-state index contributed by atoms with van der Waals surface area (Å²) in [5.74, 6) is 0.499. The predicted molar refractivity (Wildman–Crippen MR) is 100 cm³/mol. The van der Waals surface area contributed by atoms with E-state index >= 15 is 0 Å². The number of benzene rings is 1. The Morgan fingerprint density at radius 3 is 2.62 bits per heavy atom. The Morgan fingerprint density at radius 1 is 1.12 bits per heavy atom. The van der Waals surface area contributed by atoms with Crippen molar-refractivity contribution >= 4 is 28.4 Å². The molecule has 3 heterocycles. The minimum absolute atomic E-state index is 0.200. The van der Waals surface area contributed by atoms with Crippen LogP contribution in [-0.4, -0.2) is 29.4 Å². The topological polar surface area (TPSA) is 78.0 Å². The average Bonchev–Trinajstić information content (AvgIpc) is 3.06. The third kappa shape index (κ3) is 2.84. The predicted octanol–water partition coefficient (Wildman–Crippen LogP) is 3.20. The van der Waals surface area contributed by atoms with Gasteiger partial charge in [-0.25, -0.2) is 4.98 Å². The highest BCUT2D eigenvalue weighted by Gasteiger charge is 2.15. The van der Waals surface area contributed by atoms with Crippen LogP contribution in [0.5, 0.6) is 0 Å². The van der Waals surface area contributed by atoms with Crippen LogP contribution in [0.4, 0.5) is 0 Å². The van der Waals surface area contributed by atoms with Crippen LogP contribution in [0.3, 0.4) is 0 Å². The summed E-state index contributed by atoms with van der Waals surface area (Å²) >= 11 is 5.95. The Kier molecular flexibility index (Phi) is 4.16. The molecule has 0 atom stereocenters. The molecule has 1 aromatic carbocycles. The van der Waals surface area contributed by atoms with E-state index in [4.69, 9.17) is 11.6 Å². The lowest BCUT2D eigenvalue weighted by molar-refractivity contribution is 0.505. The van der Waals surface area contributed by atoms with Gasteiger partial charge in [-0.1, -0.05) is 37.6 Å². The van der Waals surface area contributed by atoms with Crippen LogP contribution in [0, 0.1) is 5.92 Å². The maximum atomic E-state index is 12.7. The molecule has 0 aliphatic rings. The van der Waals surface area contributed by atoms with Crippen LogP contribution in [0.15, 0.2) is 41.6 Å². The Bertz CT molecular complexity index is 1150. The quantitative estimate of drug-likeness (QED) is 0.552. The molecule has 3 aromatic heterocycles. The van der Waals surface area contributed by atoms with Crippen molar-refractivity contribution in [1.29, 1.82) is 0 Å². The SMILES string of the molecule is CC(C)CCn1cnc2c(nnc3c(-c4ccc(Cl)cc4)cnn32)c1=O. The van der Waals surface area contributed by atoms with E-state index < -0.39 is 0 Å². The van der Waals surface area contributed by atoms with Crippen LogP contribution in [0.1, 0.15) is 20.3 Å². The zero-order valence-corrected chi connectivity index (χ0v) is 15.2. The molecule has 0 aliphatic carbocycles. The molecule has 0 saturated carbocycles. The molecule has 0 N–H and O–H groups in total. The van der Waals surface area contributed by atoms with Crippen molar-refractivity contribution < 1.29 is 0 Å². The molecule has 7 nitrogen and oxygen atoms in total. The first-order chi connectivity index (χ1) is 12.5. The van der Waals surface area contributed by atoms with Crippen LogP contribution >= 0.6 is 11.6 Å². The number of hydrogen-bond donors (Lipinski definition) is 0. The van der Waals surface area contributed by atoms with E-state index in [9.17, 15) is 4.79 Å². The highest BCUT2D eigenvalue weighted by atomic mass is 35.5. The van der Waals surface area contributed by atoms with E-state index in [1.807, 2.05) is 12.1 Å². The average molecular weight is 369 g/mol. The minimum Gasteiger partial charge on any atom is -0.297 e. The molecule has 0 radical (unpaired) electrons. The molecule has 0 bridgehead atoms. The second-order valence-electron chi connectivity index (χ2n) is 6.60. The maximum absolute atomic E-state index is 12.7. The van der Waals surface area contributed by atoms with E-state index in [2.05, 4.69) is 34.1 Å². The van der Waals surface area contributed by atoms with Gasteiger partial charge in [-0.15, -0.1) is 10.2 Å². The molecule has 0 aliphatic heterocycles. The van der Waals surface area contributed by atoms with Crippen molar-refractivity contribution in [2.24, 2.45) is 5.92 Å². The monoisotopic (exact) mass is 368 g/mol. The summed E-state index contributed by atoms with van der Waals surface area (Å²) in [6, 6.07) is 7.39. The summed E-state index contributed by atoms with van der Waals surface area (Å²) in [7, 11) is 0. The van der Waals surface area contributed by atoms with Gasteiger partial charge in [0, 0.05) is 17.1 Å². The van der Waals surface area contributed by atoms with Crippen molar-refractivity contribution in [2.45, 2.75) is 26.8 Å². The van der Waals surface area contributed by atoms with Gasteiger partial charge in [0.15, 0.2) is 16.8 Å². The molecular formula is C18H17ClN6O. The van der Waals surface area contributed by atoms with Gasteiger partial charge >= 0.3 is 0 Å². The second-order valence-corrected chi connectivity index (χ2v) is 7.03. The summed E-state index contributed by atoms with van der Waals surface area (Å²) in [4.78, 5) is 17.1. The molecule has 0 spiro atoms. The largest absolute Gasteiger partial charge is 0.297 e. The van der Waals surface area contributed by atoms with Gasteiger partial charge in [-0.3, -0.25) is 9.36 Å². The van der Waals surface area contributed by atoms with Crippen molar-refractivity contribution in [1.82, 2.24) is 29.4 Å². The zero-order chi connectivity index (χ0) is 18.3. The number of hydrogen-bond acceptors (Lipinski definition) is 5. The molecule has 0 saturated heterocycles. The summed E-state index contributed by atoms with van der Waals surface area (Å²) in [6.07, 6.45) is 4.14. The Hall–Kier alpha value is -2.80. The zero-order valence-electron chi connectivity index (χ0n) is 14.4. The third-order valence-electron chi connectivity index (χ3n) is 4.29. The van der Waals surface area contributed by atoms with E-state index in [-0.39, 0.29) is 11.1 Å². The number of rotatable bonds is 4. The fourth-order valence-corrected chi connectivity index (χ4v) is 2.92. The molecular weight excluding hydrogens is 352 g/mol. The lowest BCUT2D eigenvalue weighted by Crippen LogP contribution is -2.23. The van der Waals surface area contributed by atoms with Crippen molar-refractivity contribution in [2.75, 3.05) is 0 Å². The smallest absolute Gasteiger partial charge is 0.283 e. The standard InChI is InChI=1S/C18H17ClN6O/c1-11(2)7-8-24-10-20-17-15(18(24)26)22-23-16-14(9-21-25(16)17)12-3-5-13(19)6-4-12/h3-6,9-11H,7-8H2,1-2H3. The second kappa shape index (κ2) is 6.49. The van der Waals surface area contributed by atoms with E-state index in [1.165, 1.54) is 0 Å². The Morgan fingerprint density at radius 2 is 1.88 bits per heavy atom. The lowest BCUT2D eigenvalue weighted by atomic mass is 10.1. The van der Waals surface area contributed by atoms with Crippen molar-refractivity contribution in [3.05, 3.63) is 52.2 Å². The highest BCUT2D eigenvalue weighted by Crippen LogP contribution is 2.25. The van der Waals surface area contributed by atoms with Gasteiger partial charge in [0.25, 0.3) is 5.56 Å². The van der Waals surface area contributed by atoms with Gasteiger partial charge in [0.1, 0.15) is 6.33 Å².